The van der Waals surface area contributed by atoms with Gasteiger partial charge >= 0.3 is 12.0 Å². The van der Waals surface area contributed by atoms with E-state index in [1.165, 1.54) is 0 Å². The van der Waals surface area contributed by atoms with Gasteiger partial charge in [0.1, 0.15) is 0 Å². The summed E-state index contributed by atoms with van der Waals surface area (Å²) in [6.45, 7) is -0.687. The van der Waals surface area contributed by atoms with E-state index in [0.717, 1.165) is 0 Å². The number of urea groups is 1. The molecule has 0 aliphatic rings. The molecule has 0 bridgehead atoms. The van der Waals surface area contributed by atoms with Gasteiger partial charge in [0.05, 0.1) is 6.61 Å². The molecule has 0 heterocycles. The van der Waals surface area contributed by atoms with Crippen molar-refractivity contribution in [1.82, 2.24) is 5.32 Å². The molecule has 4 N–H and O–H groups in total. The van der Waals surface area contributed by atoms with Crippen molar-refractivity contribution in [2.45, 2.75) is 6.04 Å². The van der Waals surface area contributed by atoms with Crippen molar-refractivity contribution in [3.63, 3.8) is 0 Å². The van der Waals surface area contributed by atoms with Crippen molar-refractivity contribution in [3.8, 4) is 12.3 Å². The number of aliphatic hydroxyl groups excluding tert-OH is 1. The number of aliphatic hydroxyl groups is 1. The maximum absolute atomic E-state index is 11.4. The van der Waals surface area contributed by atoms with Gasteiger partial charge in [-0.15, -0.1) is 6.42 Å². The van der Waals surface area contributed by atoms with Gasteiger partial charge in [-0.05, 0) is 18.2 Å². The first-order valence-electron chi connectivity index (χ1n) is 5.04. The zero-order chi connectivity index (χ0) is 13.5. The molecule has 1 rings (SSSR count). The first kappa shape index (κ1) is 13.5. The van der Waals surface area contributed by atoms with E-state index in [2.05, 4.69) is 16.6 Å². The van der Waals surface area contributed by atoms with Crippen LogP contribution in [0.2, 0.25) is 0 Å². The lowest BCUT2D eigenvalue weighted by atomic mass is 10.2. The van der Waals surface area contributed by atoms with Gasteiger partial charge in [-0.1, -0.05) is 12.0 Å². The quantitative estimate of drug-likeness (QED) is 0.573. The average Bonchev–Trinajstić information content (AvgIpc) is 2.35. The number of terminal acetylenes is 1. The number of carbonyl (C=O) groups is 2. The Bertz CT molecular complexity index is 493. The minimum Gasteiger partial charge on any atom is -0.480 e. The molecule has 6 heteroatoms. The standard InChI is InChI=1S/C12H12N2O4/c1-2-8-4-3-5-9(6-8)13-12(18)14-10(7-15)11(16)17/h1,3-6,10,15H,7H2,(H,16,17)(H2,13,14,18)/t10-/m0/s1. The summed E-state index contributed by atoms with van der Waals surface area (Å²) >= 11 is 0. The summed E-state index contributed by atoms with van der Waals surface area (Å²) in [5.74, 6) is 1.09. The van der Waals surface area contributed by atoms with Crippen molar-refractivity contribution in [2.24, 2.45) is 0 Å². The Morgan fingerprint density at radius 2 is 2.17 bits per heavy atom. The summed E-state index contributed by atoms with van der Waals surface area (Å²) < 4.78 is 0. The fourth-order valence-electron chi connectivity index (χ4n) is 1.20. The molecule has 0 aromatic heterocycles. The number of nitrogens with one attached hydrogen (secondary N) is 2. The van der Waals surface area contributed by atoms with Crippen LogP contribution in [0, 0.1) is 12.3 Å². The fraction of sp³-hybridized carbons (Fsp3) is 0.167. The summed E-state index contributed by atoms with van der Waals surface area (Å²) in [4.78, 5) is 22.0. The zero-order valence-corrected chi connectivity index (χ0v) is 9.38. The zero-order valence-electron chi connectivity index (χ0n) is 9.38. The minimum absolute atomic E-state index is 0.435. The highest BCUT2D eigenvalue weighted by Gasteiger charge is 2.18. The highest BCUT2D eigenvalue weighted by atomic mass is 16.4. The Hall–Kier alpha value is -2.52. The first-order valence-corrected chi connectivity index (χ1v) is 5.04. The number of aliphatic carboxylic acids is 1. The van der Waals surface area contributed by atoms with Gasteiger partial charge in [-0.3, -0.25) is 0 Å². The third-order valence-electron chi connectivity index (χ3n) is 2.07. The lowest BCUT2D eigenvalue weighted by Gasteiger charge is -2.12. The molecule has 0 saturated heterocycles. The molecule has 18 heavy (non-hydrogen) atoms. The van der Waals surface area contributed by atoms with Crippen molar-refractivity contribution in [1.29, 1.82) is 0 Å². The Morgan fingerprint density at radius 1 is 1.44 bits per heavy atom. The number of carboxylic acid groups (broad SMARTS) is 1. The van der Waals surface area contributed by atoms with Gasteiger partial charge in [-0.25, -0.2) is 9.59 Å². The molecule has 1 aromatic rings. The molecular weight excluding hydrogens is 236 g/mol. The monoisotopic (exact) mass is 248 g/mol. The third-order valence-corrected chi connectivity index (χ3v) is 2.07. The van der Waals surface area contributed by atoms with Crippen molar-refractivity contribution in [3.05, 3.63) is 29.8 Å². The van der Waals surface area contributed by atoms with Gasteiger partial charge in [-0.2, -0.15) is 0 Å². The number of hydrogen-bond acceptors (Lipinski definition) is 3. The molecule has 2 amide bonds. The van der Waals surface area contributed by atoms with Crippen molar-refractivity contribution >= 4 is 17.7 Å². The fourth-order valence-corrected chi connectivity index (χ4v) is 1.20. The molecule has 0 unspecified atom stereocenters. The molecule has 6 nitrogen and oxygen atoms in total. The number of carboxylic acids is 1. The van der Waals surface area contributed by atoms with Crippen LogP contribution in [0.3, 0.4) is 0 Å². The number of rotatable bonds is 4. The molecule has 0 saturated carbocycles. The Morgan fingerprint density at radius 3 is 2.72 bits per heavy atom. The normalized spacial score (nSPS) is 11.1. The van der Waals surface area contributed by atoms with E-state index < -0.39 is 24.6 Å². The van der Waals surface area contributed by atoms with Crippen LogP contribution in [0.15, 0.2) is 24.3 Å². The van der Waals surface area contributed by atoms with Crippen LogP contribution in [0.5, 0.6) is 0 Å². The lowest BCUT2D eigenvalue weighted by molar-refractivity contribution is -0.140. The van der Waals surface area contributed by atoms with E-state index in [9.17, 15) is 9.59 Å². The summed E-state index contributed by atoms with van der Waals surface area (Å²) in [6, 6.07) is 4.44. The first-order chi connectivity index (χ1) is 8.56. The average molecular weight is 248 g/mol. The second-order valence-corrected chi connectivity index (χ2v) is 3.40. The van der Waals surface area contributed by atoms with E-state index in [4.69, 9.17) is 16.6 Å². The Balaban J connectivity index is 2.64. The second kappa shape index (κ2) is 6.27. The number of carbonyl (C=O) groups excluding carboxylic acids is 1. The van der Waals surface area contributed by atoms with Gasteiger partial charge in [0.25, 0.3) is 0 Å². The van der Waals surface area contributed by atoms with E-state index in [-0.39, 0.29) is 0 Å². The largest absolute Gasteiger partial charge is 0.480 e. The summed E-state index contributed by atoms with van der Waals surface area (Å²) in [6.07, 6.45) is 5.20. The molecule has 94 valence electrons. The van der Waals surface area contributed by atoms with E-state index in [1.54, 1.807) is 24.3 Å². The SMILES string of the molecule is C#Cc1cccc(NC(=O)N[C@@H](CO)C(=O)O)c1. The van der Waals surface area contributed by atoms with Crippen LogP contribution >= 0.6 is 0 Å². The van der Waals surface area contributed by atoms with Crippen molar-refractivity contribution < 1.29 is 19.8 Å². The van der Waals surface area contributed by atoms with E-state index in [1.807, 2.05) is 0 Å². The van der Waals surface area contributed by atoms with E-state index >= 15 is 0 Å². The summed E-state index contributed by atoms with van der Waals surface area (Å²) in [5, 5.41) is 21.9. The second-order valence-electron chi connectivity index (χ2n) is 3.40. The van der Waals surface area contributed by atoms with Gasteiger partial charge in [0.2, 0.25) is 0 Å². The maximum atomic E-state index is 11.4. The van der Waals surface area contributed by atoms with Crippen LogP contribution in [0.1, 0.15) is 5.56 Å². The molecule has 1 aromatic carbocycles. The summed E-state index contributed by atoms with van der Waals surface area (Å²) in [7, 11) is 0. The molecule has 0 spiro atoms. The highest BCUT2D eigenvalue weighted by Crippen LogP contribution is 2.09. The Kier molecular flexibility index (Phi) is 4.72. The molecule has 0 fully saturated rings. The van der Waals surface area contributed by atoms with Crippen LogP contribution in [-0.4, -0.2) is 34.9 Å². The number of anilines is 1. The van der Waals surface area contributed by atoms with Gasteiger partial charge < -0.3 is 20.8 Å². The van der Waals surface area contributed by atoms with E-state index in [0.29, 0.717) is 11.3 Å². The Labute approximate surface area is 104 Å². The molecular formula is C12H12N2O4. The molecule has 0 aliphatic heterocycles. The number of hydrogen-bond donors (Lipinski definition) is 4. The van der Waals surface area contributed by atoms with Crippen LogP contribution in [0.4, 0.5) is 10.5 Å². The number of benzene rings is 1. The smallest absolute Gasteiger partial charge is 0.328 e. The predicted octanol–water partition coefficient (Wildman–Crippen LogP) is 0.235. The lowest BCUT2D eigenvalue weighted by Crippen LogP contribution is -2.45. The predicted molar refractivity (Wildman–Crippen MR) is 65.0 cm³/mol. The molecule has 0 radical (unpaired) electrons. The van der Waals surface area contributed by atoms with Crippen LogP contribution in [-0.2, 0) is 4.79 Å². The summed E-state index contributed by atoms with van der Waals surface area (Å²) in [5.41, 5.74) is 1.02. The minimum atomic E-state index is -1.35. The maximum Gasteiger partial charge on any atom is 0.328 e. The topological polar surface area (TPSA) is 98.7 Å². The third kappa shape index (κ3) is 3.81. The highest BCUT2D eigenvalue weighted by molar-refractivity contribution is 5.92. The number of amides is 2. The molecule has 1 atom stereocenters. The van der Waals surface area contributed by atoms with Crippen LogP contribution in [0.25, 0.3) is 0 Å². The van der Waals surface area contributed by atoms with Gasteiger partial charge in [0.15, 0.2) is 6.04 Å². The molecule has 0 aliphatic carbocycles. The van der Waals surface area contributed by atoms with Crippen LogP contribution < -0.4 is 10.6 Å². The van der Waals surface area contributed by atoms with Gasteiger partial charge in [0, 0.05) is 11.3 Å². The van der Waals surface area contributed by atoms with Crippen molar-refractivity contribution in [2.75, 3.05) is 11.9 Å².